The van der Waals surface area contributed by atoms with Gasteiger partial charge in [-0.3, -0.25) is 0 Å². The molecule has 0 amide bonds. The molecular formula is C12H9Br2F3OS. The lowest BCUT2D eigenvalue weighted by Crippen LogP contribution is -2.09. The Balaban J connectivity index is 2.42. The van der Waals surface area contributed by atoms with Crippen LogP contribution >= 0.6 is 43.6 Å². The summed E-state index contributed by atoms with van der Waals surface area (Å²) in [7, 11) is 0. The van der Waals surface area contributed by atoms with Crippen LogP contribution in [0.3, 0.4) is 0 Å². The SMILES string of the molecule is FC(F)(F)Sc1cc(Br)cc(Br)c1C1CCC=CO1. The van der Waals surface area contributed by atoms with Crippen LogP contribution < -0.4 is 0 Å². The van der Waals surface area contributed by atoms with E-state index in [1.165, 1.54) is 6.07 Å². The van der Waals surface area contributed by atoms with Gasteiger partial charge in [0.05, 0.1) is 6.26 Å². The summed E-state index contributed by atoms with van der Waals surface area (Å²) in [6.07, 6.45) is 4.52. The largest absolute Gasteiger partial charge is 0.494 e. The summed E-state index contributed by atoms with van der Waals surface area (Å²) in [4.78, 5) is 0.161. The van der Waals surface area contributed by atoms with Gasteiger partial charge in [-0.05, 0) is 42.8 Å². The summed E-state index contributed by atoms with van der Waals surface area (Å²) in [6, 6.07) is 3.21. The van der Waals surface area contributed by atoms with Gasteiger partial charge in [0.25, 0.3) is 0 Å². The average Bonchev–Trinajstić information content (AvgIpc) is 2.27. The molecule has 0 spiro atoms. The van der Waals surface area contributed by atoms with Gasteiger partial charge in [-0.2, -0.15) is 13.2 Å². The van der Waals surface area contributed by atoms with Crippen LogP contribution in [-0.2, 0) is 4.74 Å². The van der Waals surface area contributed by atoms with Gasteiger partial charge >= 0.3 is 5.51 Å². The molecule has 1 aliphatic heterocycles. The number of hydrogen-bond donors (Lipinski definition) is 0. The number of hydrogen-bond acceptors (Lipinski definition) is 2. The van der Waals surface area contributed by atoms with Crippen LogP contribution in [-0.4, -0.2) is 5.51 Å². The minimum absolute atomic E-state index is 0.115. The van der Waals surface area contributed by atoms with Crippen molar-refractivity contribution in [2.75, 3.05) is 0 Å². The van der Waals surface area contributed by atoms with Gasteiger partial charge in [0, 0.05) is 19.4 Å². The Hall–Kier alpha value is -0.140. The smallest absolute Gasteiger partial charge is 0.446 e. The lowest BCUT2D eigenvalue weighted by molar-refractivity contribution is -0.0329. The van der Waals surface area contributed by atoms with Crippen LogP contribution in [0, 0.1) is 0 Å². The number of rotatable bonds is 2. The molecule has 1 aliphatic rings. The van der Waals surface area contributed by atoms with Crippen LogP contribution in [0.25, 0.3) is 0 Å². The third-order valence-corrected chi connectivity index (χ3v) is 4.44. The molecule has 0 aliphatic carbocycles. The Morgan fingerprint density at radius 2 is 2.00 bits per heavy atom. The van der Waals surface area contributed by atoms with Gasteiger partial charge in [-0.1, -0.05) is 31.9 Å². The van der Waals surface area contributed by atoms with E-state index in [1.54, 1.807) is 12.3 Å². The number of halogens is 5. The summed E-state index contributed by atoms with van der Waals surface area (Å²) in [6.45, 7) is 0. The van der Waals surface area contributed by atoms with E-state index in [9.17, 15) is 13.2 Å². The summed E-state index contributed by atoms with van der Waals surface area (Å²) >= 11 is 6.42. The zero-order chi connectivity index (χ0) is 14.0. The summed E-state index contributed by atoms with van der Waals surface area (Å²) in [5.41, 5.74) is -3.77. The summed E-state index contributed by atoms with van der Waals surface area (Å²) in [5, 5.41) is 0. The molecule has 19 heavy (non-hydrogen) atoms. The van der Waals surface area contributed by atoms with Crippen molar-refractivity contribution in [3.63, 3.8) is 0 Å². The van der Waals surface area contributed by atoms with Crippen molar-refractivity contribution in [1.29, 1.82) is 0 Å². The average molecular weight is 418 g/mol. The maximum atomic E-state index is 12.6. The van der Waals surface area contributed by atoms with Gasteiger partial charge in [0.15, 0.2) is 0 Å². The van der Waals surface area contributed by atoms with E-state index in [1.807, 2.05) is 6.08 Å². The lowest BCUT2D eigenvalue weighted by Gasteiger charge is -2.24. The molecule has 1 aromatic carbocycles. The first-order valence-corrected chi connectivity index (χ1v) is 7.82. The van der Waals surface area contributed by atoms with Crippen molar-refractivity contribution in [2.45, 2.75) is 29.3 Å². The molecule has 7 heteroatoms. The first-order valence-electron chi connectivity index (χ1n) is 5.42. The minimum atomic E-state index is -4.32. The van der Waals surface area contributed by atoms with E-state index in [-0.39, 0.29) is 22.8 Å². The predicted octanol–water partition coefficient (Wildman–Crippen LogP) is 6.19. The summed E-state index contributed by atoms with van der Waals surface area (Å²) < 4.78 is 44.5. The molecule has 1 unspecified atom stereocenters. The van der Waals surface area contributed by atoms with Crippen LogP contribution in [0.2, 0.25) is 0 Å². The Labute approximate surface area is 129 Å². The second kappa shape index (κ2) is 6.10. The molecule has 0 fully saturated rings. The predicted molar refractivity (Wildman–Crippen MR) is 76.0 cm³/mol. The quantitative estimate of drug-likeness (QED) is 0.530. The molecule has 1 atom stereocenters. The van der Waals surface area contributed by atoms with E-state index in [0.717, 1.165) is 6.42 Å². The number of ether oxygens (including phenoxy) is 1. The van der Waals surface area contributed by atoms with Gasteiger partial charge < -0.3 is 4.74 Å². The number of allylic oxidation sites excluding steroid dienone is 1. The Kier molecular flexibility index (Phi) is 4.89. The molecule has 104 valence electrons. The van der Waals surface area contributed by atoms with Crippen LogP contribution in [0.4, 0.5) is 13.2 Å². The molecule has 0 radical (unpaired) electrons. The fourth-order valence-corrected chi connectivity index (χ4v) is 4.38. The monoisotopic (exact) mass is 416 g/mol. The standard InChI is InChI=1S/C12H9Br2F3OS/c13-7-5-8(14)11(9-3-1-2-4-18-9)10(6-7)19-12(15,16)17/h2,4-6,9H,1,3H2. The van der Waals surface area contributed by atoms with E-state index in [2.05, 4.69) is 31.9 Å². The van der Waals surface area contributed by atoms with Gasteiger partial charge in [0.1, 0.15) is 6.10 Å². The first-order chi connectivity index (χ1) is 8.87. The van der Waals surface area contributed by atoms with Crippen molar-refractivity contribution in [1.82, 2.24) is 0 Å². The molecule has 0 saturated carbocycles. The van der Waals surface area contributed by atoms with Crippen molar-refractivity contribution in [3.8, 4) is 0 Å². The maximum Gasteiger partial charge on any atom is 0.446 e. The molecule has 1 heterocycles. The molecular weight excluding hydrogens is 409 g/mol. The fourth-order valence-electron chi connectivity index (χ4n) is 1.83. The number of benzene rings is 1. The van der Waals surface area contributed by atoms with Crippen molar-refractivity contribution < 1.29 is 17.9 Å². The molecule has 0 bridgehead atoms. The highest BCUT2D eigenvalue weighted by Crippen LogP contribution is 2.45. The third-order valence-electron chi connectivity index (χ3n) is 2.54. The molecule has 1 nitrogen and oxygen atoms in total. The van der Waals surface area contributed by atoms with Crippen LogP contribution in [0.1, 0.15) is 24.5 Å². The Morgan fingerprint density at radius 1 is 1.26 bits per heavy atom. The molecule has 0 aromatic heterocycles. The Bertz CT molecular complexity index is 502. The van der Waals surface area contributed by atoms with Crippen LogP contribution in [0.5, 0.6) is 0 Å². The molecule has 0 saturated heterocycles. The van der Waals surface area contributed by atoms with Gasteiger partial charge in [-0.15, -0.1) is 0 Å². The highest BCUT2D eigenvalue weighted by molar-refractivity contribution is 9.11. The number of thioether (sulfide) groups is 1. The highest BCUT2D eigenvalue weighted by Gasteiger charge is 2.33. The van der Waals surface area contributed by atoms with E-state index in [0.29, 0.717) is 20.9 Å². The molecule has 0 N–H and O–H groups in total. The summed E-state index contributed by atoms with van der Waals surface area (Å²) in [5.74, 6) is 0. The maximum absolute atomic E-state index is 12.6. The topological polar surface area (TPSA) is 9.23 Å². The first kappa shape index (κ1) is 15.3. The minimum Gasteiger partial charge on any atom is -0.494 e. The van der Waals surface area contributed by atoms with Crippen LogP contribution in [0.15, 0.2) is 38.3 Å². The second-order valence-electron chi connectivity index (χ2n) is 3.92. The Morgan fingerprint density at radius 3 is 2.58 bits per heavy atom. The van der Waals surface area contributed by atoms with Gasteiger partial charge in [-0.25, -0.2) is 0 Å². The fraction of sp³-hybridized carbons (Fsp3) is 0.333. The van der Waals surface area contributed by atoms with E-state index in [4.69, 9.17) is 4.74 Å². The van der Waals surface area contributed by atoms with Crippen molar-refractivity contribution >= 4 is 43.6 Å². The van der Waals surface area contributed by atoms with Gasteiger partial charge in [0.2, 0.25) is 0 Å². The highest BCUT2D eigenvalue weighted by atomic mass is 79.9. The van der Waals surface area contributed by atoms with E-state index < -0.39 is 5.51 Å². The van der Waals surface area contributed by atoms with E-state index >= 15 is 0 Å². The van der Waals surface area contributed by atoms with Crippen molar-refractivity contribution in [3.05, 3.63) is 39.0 Å². The third kappa shape index (κ3) is 4.16. The zero-order valence-corrected chi connectivity index (χ0v) is 13.5. The number of alkyl halides is 3. The van der Waals surface area contributed by atoms with Crippen molar-refractivity contribution in [2.24, 2.45) is 0 Å². The normalized spacial score (nSPS) is 19.3. The lowest BCUT2D eigenvalue weighted by atomic mass is 10.0. The molecule has 2 rings (SSSR count). The second-order valence-corrected chi connectivity index (χ2v) is 6.80. The molecule has 1 aromatic rings. The zero-order valence-electron chi connectivity index (χ0n) is 9.51.